The summed E-state index contributed by atoms with van der Waals surface area (Å²) in [5.74, 6) is 0.188. The number of methoxy groups -OCH3 is 1. The first-order chi connectivity index (χ1) is 13.4. The van der Waals surface area contributed by atoms with Crippen molar-refractivity contribution in [3.8, 4) is 5.75 Å². The molecular formula is C17H17N5O5S. The molecule has 0 amide bonds. The predicted octanol–water partition coefficient (Wildman–Crippen LogP) is 1.91. The van der Waals surface area contributed by atoms with E-state index in [1.165, 1.54) is 30.5 Å². The Bertz CT molecular complexity index is 1050. The van der Waals surface area contributed by atoms with E-state index in [1.54, 1.807) is 30.3 Å². The van der Waals surface area contributed by atoms with Gasteiger partial charge in [0.1, 0.15) is 18.4 Å². The fraction of sp³-hybridized carbons (Fsp3) is 0.176. The Morgan fingerprint density at radius 3 is 2.61 bits per heavy atom. The predicted molar refractivity (Wildman–Crippen MR) is 99.2 cm³/mol. The largest absolute Gasteiger partial charge is 0.497 e. The lowest BCUT2D eigenvalue weighted by molar-refractivity contribution is -0.387. The maximum Gasteiger partial charge on any atom is 0.293 e. The summed E-state index contributed by atoms with van der Waals surface area (Å²) >= 11 is 0. The molecule has 0 saturated heterocycles. The van der Waals surface area contributed by atoms with Gasteiger partial charge in [-0.15, -0.1) is 0 Å². The third-order valence-electron chi connectivity index (χ3n) is 3.99. The Morgan fingerprint density at radius 2 is 2.00 bits per heavy atom. The van der Waals surface area contributed by atoms with E-state index in [0.717, 1.165) is 12.1 Å². The van der Waals surface area contributed by atoms with E-state index in [9.17, 15) is 18.5 Å². The number of benzene rings is 2. The summed E-state index contributed by atoms with van der Waals surface area (Å²) in [7, 11) is -2.88. The molecule has 3 rings (SSSR count). The zero-order chi connectivity index (χ0) is 20.1. The van der Waals surface area contributed by atoms with Crippen molar-refractivity contribution < 1.29 is 18.1 Å². The Balaban J connectivity index is 1.99. The van der Waals surface area contributed by atoms with Crippen LogP contribution >= 0.6 is 0 Å². The van der Waals surface area contributed by atoms with Crippen molar-refractivity contribution in [3.63, 3.8) is 0 Å². The molecule has 0 aliphatic heterocycles. The van der Waals surface area contributed by atoms with Crippen LogP contribution in [0.4, 0.5) is 5.69 Å². The molecule has 0 spiro atoms. The molecule has 0 bridgehead atoms. The number of sulfonamides is 1. The number of hydrogen-bond donors (Lipinski definition) is 1. The monoisotopic (exact) mass is 403 g/mol. The molecule has 1 aromatic heterocycles. The summed E-state index contributed by atoms with van der Waals surface area (Å²) in [5, 5.41) is 15.4. The minimum absolute atomic E-state index is 0.160. The molecule has 1 atom stereocenters. The van der Waals surface area contributed by atoms with Crippen molar-refractivity contribution >= 4 is 15.7 Å². The Morgan fingerprint density at radius 1 is 1.25 bits per heavy atom. The van der Waals surface area contributed by atoms with E-state index < -0.39 is 31.6 Å². The Kier molecular flexibility index (Phi) is 5.66. The molecule has 0 radical (unpaired) electrons. The number of nitrogens with one attached hydrogen (secondary N) is 1. The molecule has 1 N–H and O–H groups in total. The van der Waals surface area contributed by atoms with Crippen LogP contribution in [0.15, 0.2) is 66.1 Å². The lowest BCUT2D eigenvalue weighted by Gasteiger charge is -2.19. The van der Waals surface area contributed by atoms with Crippen molar-refractivity contribution in [3.05, 3.63) is 76.9 Å². The fourth-order valence-corrected chi connectivity index (χ4v) is 4.02. The summed E-state index contributed by atoms with van der Waals surface area (Å²) < 4.78 is 34.9. The molecule has 11 heteroatoms. The van der Waals surface area contributed by atoms with E-state index in [2.05, 4.69) is 14.8 Å². The molecule has 2 aromatic carbocycles. The number of nitro groups is 1. The molecule has 28 heavy (non-hydrogen) atoms. The molecule has 1 unspecified atom stereocenters. The molecule has 0 aliphatic rings. The van der Waals surface area contributed by atoms with Crippen molar-refractivity contribution in [2.75, 3.05) is 7.11 Å². The van der Waals surface area contributed by atoms with Crippen LogP contribution in [0, 0.1) is 10.1 Å². The smallest absolute Gasteiger partial charge is 0.293 e. The van der Waals surface area contributed by atoms with Gasteiger partial charge in [0.15, 0.2) is 4.90 Å². The normalized spacial score (nSPS) is 12.5. The van der Waals surface area contributed by atoms with E-state index in [4.69, 9.17) is 4.74 Å². The number of aromatic nitrogens is 3. The maximum atomic E-state index is 13.0. The first kappa shape index (κ1) is 19.5. The van der Waals surface area contributed by atoms with Crippen molar-refractivity contribution in [2.24, 2.45) is 0 Å². The van der Waals surface area contributed by atoms with Crippen molar-refractivity contribution in [1.82, 2.24) is 19.5 Å². The van der Waals surface area contributed by atoms with Gasteiger partial charge in [-0.1, -0.05) is 30.3 Å². The molecule has 0 fully saturated rings. The highest BCUT2D eigenvalue weighted by atomic mass is 32.2. The number of ether oxygens (including phenoxy) is 1. The van der Waals surface area contributed by atoms with Crippen molar-refractivity contribution in [1.29, 1.82) is 0 Å². The summed E-state index contributed by atoms with van der Waals surface area (Å²) in [5.41, 5.74) is 0.108. The number of nitro benzene ring substituents is 1. The van der Waals surface area contributed by atoms with E-state index in [1.807, 2.05) is 0 Å². The van der Waals surface area contributed by atoms with Crippen LogP contribution in [0.25, 0.3) is 0 Å². The molecular weight excluding hydrogens is 386 g/mol. The van der Waals surface area contributed by atoms with Crippen LogP contribution in [-0.2, 0) is 16.6 Å². The van der Waals surface area contributed by atoms with Crippen LogP contribution in [0.5, 0.6) is 5.75 Å². The van der Waals surface area contributed by atoms with Gasteiger partial charge in [-0.05, 0) is 17.7 Å². The van der Waals surface area contributed by atoms with E-state index in [0.29, 0.717) is 5.56 Å². The Hall–Kier alpha value is -3.31. The first-order valence-corrected chi connectivity index (χ1v) is 9.61. The topological polar surface area (TPSA) is 129 Å². The molecule has 146 valence electrons. The highest BCUT2D eigenvalue weighted by molar-refractivity contribution is 7.89. The summed E-state index contributed by atoms with van der Waals surface area (Å²) in [4.78, 5) is 14.0. The second kappa shape index (κ2) is 8.15. The molecule has 10 nitrogen and oxygen atoms in total. The maximum absolute atomic E-state index is 13.0. The number of nitrogens with zero attached hydrogens (tertiary/aromatic N) is 4. The minimum Gasteiger partial charge on any atom is -0.497 e. The quantitative estimate of drug-likeness (QED) is 0.449. The van der Waals surface area contributed by atoms with Crippen LogP contribution < -0.4 is 9.46 Å². The lowest BCUT2D eigenvalue weighted by atomic mass is 10.1. The average Bonchev–Trinajstić information content (AvgIpc) is 3.20. The first-order valence-electron chi connectivity index (χ1n) is 8.13. The number of rotatable bonds is 8. The van der Waals surface area contributed by atoms with Gasteiger partial charge in [0.05, 0.1) is 30.7 Å². The van der Waals surface area contributed by atoms with Gasteiger partial charge in [0, 0.05) is 0 Å². The van der Waals surface area contributed by atoms with Gasteiger partial charge >= 0.3 is 0 Å². The summed E-state index contributed by atoms with van der Waals surface area (Å²) in [6.45, 7) is 0.160. The second-order valence-electron chi connectivity index (χ2n) is 5.79. The molecule has 1 heterocycles. The fourth-order valence-electron chi connectivity index (χ4n) is 2.65. The minimum atomic E-state index is -4.22. The Labute approximate surface area is 161 Å². The summed E-state index contributed by atoms with van der Waals surface area (Å²) in [6, 6.07) is 11.7. The highest BCUT2D eigenvalue weighted by Crippen LogP contribution is 2.29. The lowest BCUT2D eigenvalue weighted by Crippen LogP contribution is -2.32. The van der Waals surface area contributed by atoms with Gasteiger partial charge in [-0.3, -0.25) is 14.8 Å². The second-order valence-corrected chi connectivity index (χ2v) is 7.48. The third kappa shape index (κ3) is 4.32. The summed E-state index contributed by atoms with van der Waals surface area (Å²) in [6.07, 6.45) is 2.80. The van der Waals surface area contributed by atoms with Gasteiger partial charge in [-0.2, -0.15) is 5.10 Å². The zero-order valence-corrected chi connectivity index (χ0v) is 15.6. The van der Waals surface area contributed by atoms with E-state index in [-0.39, 0.29) is 12.3 Å². The third-order valence-corrected chi connectivity index (χ3v) is 5.51. The van der Waals surface area contributed by atoms with Gasteiger partial charge in [-0.25, -0.2) is 18.1 Å². The van der Waals surface area contributed by atoms with Gasteiger partial charge < -0.3 is 4.74 Å². The number of hydrogen-bond acceptors (Lipinski definition) is 7. The van der Waals surface area contributed by atoms with Crippen LogP contribution in [0.3, 0.4) is 0 Å². The van der Waals surface area contributed by atoms with Crippen molar-refractivity contribution in [2.45, 2.75) is 17.5 Å². The molecule has 0 aliphatic carbocycles. The standard InChI is InChI=1S/C17H17N5O5S/c1-27-14-7-8-17(16(9-14)22(23)24)28(25,26)20-15(10-21-12-18-11-19-21)13-5-3-2-4-6-13/h2-9,11-12,15,20H,10H2,1H3. The highest BCUT2D eigenvalue weighted by Gasteiger charge is 2.29. The van der Waals surface area contributed by atoms with Crippen LogP contribution in [-0.4, -0.2) is 35.2 Å². The van der Waals surface area contributed by atoms with E-state index >= 15 is 0 Å². The van der Waals surface area contributed by atoms with Crippen LogP contribution in [0.1, 0.15) is 11.6 Å². The molecule has 3 aromatic rings. The average molecular weight is 403 g/mol. The van der Waals surface area contributed by atoms with Gasteiger partial charge in [0.2, 0.25) is 10.0 Å². The van der Waals surface area contributed by atoms with Gasteiger partial charge in [0.25, 0.3) is 5.69 Å². The molecule has 0 saturated carbocycles. The zero-order valence-electron chi connectivity index (χ0n) is 14.8. The SMILES string of the molecule is COc1ccc(S(=O)(=O)NC(Cn2cncn2)c2ccccc2)c([N+](=O)[O-])c1. The van der Waals surface area contributed by atoms with Crippen LogP contribution in [0.2, 0.25) is 0 Å².